The Bertz CT molecular complexity index is 1020. The molecule has 4 rings (SSSR count). The second kappa shape index (κ2) is 7.43. The van der Waals surface area contributed by atoms with Gasteiger partial charge in [0, 0.05) is 31.3 Å². The molecule has 2 heterocycles. The SMILES string of the molecule is CNC(=O)OCc1c(C)c2n(c1-c1ccc(OC)cc1)Cc1ccccc1C2. The van der Waals surface area contributed by atoms with Gasteiger partial charge in [0.1, 0.15) is 12.4 Å². The molecular formula is C23H24N2O3. The van der Waals surface area contributed by atoms with Crippen LogP contribution in [0.2, 0.25) is 0 Å². The third-order valence-electron chi connectivity index (χ3n) is 5.49. The maximum absolute atomic E-state index is 11.7. The highest BCUT2D eigenvalue weighted by Gasteiger charge is 2.26. The molecule has 5 heteroatoms. The predicted molar refractivity (Wildman–Crippen MR) is 109 cm³/mol. The Morgan fingerprint density at radius 1 is 1.11 bits per heavy atom. The molecule has 1 N–H and O–H groups in total. The number of aromatic nitrogens is 1. The van der Waals surface area contributed by atoms with E-state index in [1.54, 1.807) is 14.2 Å². The van der Waals surface area contributed by atoms with Crippen LogP contribution < -0.4 is 10.1 Å². The van der Waals surface area contributed by atoms with Gasteiger partial charge in [-0.3, -0.25) is 0 Å². The molecule has 0 bridgehead atoms. The van der Waals surface area contributed by atoms with E-state index >= 15 is 0 Å². The second-order valence-electron chi connectivity index (χ2n) is 6.99. The lowest BCUT2D eigenvalue weighted by molar-refractivity contribution is 0.142. The maximum Gasteiger partial charge on any atom is 0.407 e. The van der Waals surface area contributed by atoms with Crippen molar-refractivity contribution in [2.75, 3.05) is 14.2 Å². The van der Waals surface area contributed by atoms with E-state index in [-0.39, 0.29) is 6.61 Å². The molecule has 0 saturated carbocycles. The van der Waals surface area contributed by atoms with Crippen LogP contribution in [-0.4, -0.2) is 24.8 Å². The Balaban J connectivity index is 1.83. The first-order chi connectivity index (χ1) is 13.6. The van der Waals surface area contributed by atoms with Crippen LogP contribution in [0.15, 0.2) is 48.5 Å². The fourth-order valence-corrected chi connectivity index (χ4v) is 3.95. The molecule has 0 radical (unpaired) electrons. The van der Waals surface area contributed by atoms with Gasteiger partial charge in [-0.15, -0.1) is 0 Å². The Morgan fingerprint density at radius 2 is 1.82 bits per heavy atom. The second-order valence-corrected chi connectivity index (χ2v) is 6.99. The highest BCUT2D eigenvalue weighted by Crippen LogP contribution is 2.37. The maximum atomic E-state index is 11.7. The Morgan fingerprint density at radius 3 is 2.50 bits per heavy atom. The molecule has 28 heavy (non-hydrogen) atoms. The molecule has 1 aromatic heterocycles. The summed E-state index contributed by atoms with van der Waals surface area (Å²) in [5.74, 6) is 0.819. The zero-order valence-corrected chi connectivity index (χ0v) is 16.4. The van der Waals surface area contributed by atoms with Crippen LogP contribution in [0.4, 0.5) is 4.79 Å². The van der Waals surface area contributed by atoms with Gasteiger partial charge in [0.2, 0.25) is 0 Å². The molecule has 144 valence electrons. The minimum absolute atomic E-state index is 0.239. The molecule has 0 aliphatic carbocycles. The number of rotatable bonds is 4. The summed E-state index contributed by atoms with van der Waals surface area (Å²) in [5.41, 5.74) is 8.40. The molecule has 0 unspecified atom stereocenters. The molecule has 5 nitrogen and oxygen atoms in total. The van der Waals surface area contributed by atoms with Crippen molar-refractivity contribution < 1.29 is 14.3 Å². The van der Waals surface area contributed by atoms with Gasteiger partial charge in [-0.05, 0) is 53.4 Å². The lowest BCUT2D eigenvalue weighted by Gasteiger charge is -2.22. The van der Waals surface area contributed by atoms with Crippen molar-refractivity contribution in [1.29, 1.82) is 0 Å². The number of hydrogen-bond acceptors (Lipinski definition) is 3. The summed E-state index contributed by atoms with van der Waals surface area (Å²) in [6.45, 7) is 3.17. The summed E-state index contributed by atoms with van der Waals surface area (Å²) >= 11 is 0. The average Bonchev–Trinajstić information content (AvgIpc) is 3.01. The van der Waals surface area contributed by atoms with Gasteiger partial charge in [0.15, 0.2) is 0 Å². The average molecular weight is 376 g/mol. The van der Waals surface area contributed by atoms with Gasteiger partial charge in [-0.1, -0.05) is 24.3 Å². The van der Waals surface area contributed by atoms with E-state index < -0.39 is 6.09 Å². The van der Waals surface area contributed by atoms with Crippen LogP contribution in [0.1, 0.15) is 27.9 Å². The van der Waals surface area contributed by atoms with E-state index in [2.05, 4.69) is 53.2 Å². The van der Waals surface area contributed by atoms with Gasteiger partial charge in [0.25, 0.3) is 0 Å². The van der Waals surface area contributed by atoms with Crippen molar-refractivity contribution in [2.24, 2.45) is 0 Å². The first kappa shape index (κ1) is 18.2. The van der Waals surface area contributed by atoms with E-state index in [4.69, 9.17) is 9.47 Å². The van der Waals surface area contributed by atoms with Crippen molar-refractivity contribution >= 4 is 6.09 Å². The molecule has 0 spiro atoms. The number of methoxy groups -OCH3 is 1. The van der Waals surface area contributed by atoms with E-state index in [9.17, 15) is 4.79 Å². The third-order valence-corrected chi connectivity index (χ3v) is 5.49. The molecule has 0 fully saturated rings. The van der Waals surface area contributed by atoms with Crippen LogP contribution in [-0.2, 0) is 24.3 Å². The minimum atomic E-state index is -0.424. The molecular weight excluding hydrogens is 352 g/mol. The summed E-state index contributed by atoms with van der Waals surface area (Å²) in [4.78, 5) is 11.7. The minimum Gasteiger partial charge on any atom is -0.497 e. The Labute approximate surface area is 164 Å². The summed E-state index contributed by atoms with van der Waals surface area (Å²) < 4.78 is 13.1. The van der Waals surface area contributed by atoms with E-state index in [0.717, 1.165) is 35.5 Å². The van der Waals surface area contributed by atoms with Gasteiger partial charge >= 0.3 is 6.09 Å². The van der Waals surface area contributed by atoms with Gasteiger partial charge < -0.3 is 19.4 Å². The van der Waals surface area contributed by atoms with Crippen molar-refractivity contribution in [3.63, 3.8) is 0 Å². The monoisotopic (exact) mass is 376 g/mol. The number of alkyl carbamates (subject to hydrolysis) is 1. The van der Waals surface area contributed by atoms with Crippen LogP contribution in [0.3, 0.4) is 0 Å². The summed E-state index contributed by atoms with van der Waals surface area (Å²) in [7, 11) is 3.23. The summed E-state index contributed by atoms with van der Waals surface area (Å²) in [5, 5.41) is 2.52. The molecule has 2 aromatic carbocycles. The van der Waals surface area contributed by atoms with Gasteiger partial charge in [-0.25, -0.2) is 4.79 Å². The number of ether oxygens (including phenoxy) is 2. The van der Waals surface area contributed by atoms with Crippen molar-refractivity contribution in [2.45, 2.75) is 26.5 Å². The highest BCUT2D eigenvalue weighted by atomic mass is 16.5. The molecule has 3 aromatic rings. The normalized spacial score (nSPS) is 12.1. The lowest BCUT2D eigenvalue weighted by atomic mass is 9.97. The quantitative estimate of drug-likeness (QED) is 0.578. The largest absolute Gasteiger partial charge is 0.497 e. The third kappa shape index (κ3) is 3.13. The number of nitrogens with zero attached hydrogens (tertiary/aromatic N) is 1. The zero-order valence-electron chi connectivity index (χ0n) is 16.4. The number of fused-ring (bicyclic) bond motifs is 2. The first-order valence-electron chi connectivity index (χ1n) is 9.39. The molecule has 1 amide bonds. The smallest absolute Gasteiger partial charge is 0.407 e. The lowest BCUT2D eigenvalue weighted by Crippen LogP contribution is -2.19. The number of nitrogens with one attached hydrogen (secondary N) is 1. The van der Waals surface area contributed by atoms with Crippen LogP contribution >= 0.6 is 0 Å². The number of carbonyl (C=O) groups excluding carboxylic acids is 1. The van der Waals surface area contributed by atoms with Crippen molar-refractivity contribution in [3.8, 4) is 17.0 Å². The van der Waals surface area contributed by atoms with E-state index in [1.807, 2.05) is 12.1 Å². The number of benzene rings is 2. The fraction of sp³-hybridized carbons (Fsp3) is 0.261. The number of carbonyl (C=O) groups is 1. The zero-order chi connectivity index (χ0) is 19.7. The summed E-state index contributed by atoms with van der Waals surface area (Å²) in [6, 6.07) is 16.6. The molecule has 0 saturated heterocycles. The Hall–Kier alpha value is -3.21. The first-order valence-corrected chi connectivity index (χ1v) is 9.39. The topological polar surface area (TPSA) is 52.5 Å². The number of amides is 1. The highest BCUT2D eigenvalue weighted by molar-refractivity contribution is 5.71. The Kier molecular flexibility index (Phi) is 4.82. The number of hydrogen-bond donors (Lipinski definition) is 1. The van der Waals surface area contributed by atoms with Crippen molar-refractivity contribution in [3.05, 3.63) is 76.5 Å². The summed E-state index contributed by atoms with van der Waals surface area (Å²) in [6.07, 6.45) is 0.457. The fourth-order valence-electron chi connectivity index (χ4n) is 3.95. The van der Waals surface area contributed by atoms with E-state index in [0.29, 0.717) is 0 Å². The van der Waals surface area contributed by atoms with Crippen LogP contribution in [0.5, 0.6) is 5.75 Å². The van der Waals surface area contributed by atoms with Gasteiger partial charge in [-0.2, -0.15) is 0 Å². The van der Waals surface area contributed by atoms with Gasteiger partial charge in [0.05, 0.1) is 12.8 Å². The predicted octanol–water partition coefficient (Wildman–Crippen LogP) is 4.28. The van der Waals surface area contributed by atoms with E-state index in [1.165, 1.54) is 22.4 Å². The molecule has 1 aliphatic rings. The standard InChI is InChI=1S/C23H24N2O3/c1-15-20(14-28-23(26)24-2)22(16-8-10-19(27-3)11-9-16)25-13-18-7-5-4-6-17(18)12-21(15)25/h4-11H,12-14H2,1-3H3,(H,24,26). The van der Waals surface area contributed by atoms with Crippen LogP contribution in [0, 0.1) is 6.92 Å². The molecule has 0 atom stereocenters. The van der Waals surface area contributed by atoms with Crippen molar-refractivity contribution in [1.82, 2.24) is 9.88 Å². The molecule has 1 aliphatic heterocycles. The van der Waals surface area contributed by atoms with Crippen LogP contribution in [0.25, 0.3) is 11.3 Å².